The number of carbonyl (C=O) groups is 3. The van der Waals surface area contributed by atoms with Gasteiger partial charge in [-0.1, -0.05) is 11.6 Å². The van der Waals surface area contributed by atoms with Crippen LogP contribution in [0.4, 0.5) is 5.69 Å². The van der Waals surface area contributed by atoms with E-state index in [1.54, 1.807) is 0 Å². The number of carboxylic acid groups (broad SMARTS) is 1. The van der Waals surface area contributed by atoms with Crippen molar-refractivity contribution in [2.24, 2.45) is 0 Å². The molecular formula is C12H12ClNO5S. The fraction of sp³-hybridized carbons (Fsp3) is 0.250. The summed E-state index contributed by atoms with van der Waals surface area (Å²) in [5.74, 6) is -1.83. The number of nitrogens with one attached hydrogen (secondary N) is 1. The van der Waals surface area contributed by atoms with Crippen molar-refractivity contribution in [3.63, 3.8) is 0 Å². The number of rotatable bonds is 6. The van der Waals surface area contributed by atoms with Crippen molar-refractivity contribution in [3.05, 3.63) is 28.8 Å². The number of benzene rings is 1. The molecule has 0 saturated carbocycles. The van der Waals surface area contributed by atoms with Crippen LogP contribution in [-0.4, -0.2) is 41.6 Å². The van der Waals surface area contributed by atoms with E-state index >= 15 is 0 Å². The quantitative estimate of drug-likeness (QED) is 0.778. The lowest BCUT2D eigenvalue weighted by Gasteiger charge is -2.08. The van der Waals surface area contributed by atoms with Crippen LogP contribution in [0.15, 0.2) is 18.2 Å². The second-order valence-corrected chi connectivity index (χ2v) is 5.01. The predicted molar refractivity (Wildman–Crippen MR) is 76.4 cm³/mol. The number of hydrogen-bond acceptors (Lipinski definition) is 5. The summed E-state index contributed by atoms with van der Waals surface area (Å²) >= 11 is 6.95. The molecule has 2 N–H and O–H groups in total. The number of carbonyl (C=O) groups excluding carboxylic acids is 2. The maximum absolute atomic E-state index is 11.6. The van der Waals surface area contributed by atoms with Gasteiger partial charge in [0.05, 0.1) is 34.9 Å². The molecule has 1 aromatic rings. The lowest BCUT2D eigenvalue weighted by molar-refractivity contribution is -0.137. The highest BCUT2D eigenvalue weighted by atomic mass is 35.5. The molecular weight excluding hydrogens is 306 g/mol. The predicted octanol–water partition coefficient (Wildman–Crippen LogP) is 1.88. The van der Waals surface area contributed by atoms with Crippen LogP contribution in [0.2, 0.25) is 5.02 Å². The Morgan fingerprint density at radius 3 is 2.65 bits per heavy atom. The van der Waals surface area contributed by atoms with Crippen LogP contribution in [0.5, 0.6) is 0 Å². The van der Waals surface area contributed by atoms with Crippen molar-refractivity contribution in [3.8, 4) is 0 Å². The molecule has 108 valence electrons. The van der Waals surface area contributed by atoms with Gasteiger partial charge in [0.2, 0.25) is 5.91 Å². The fourth-order valence-corrected chi connectivity index (χ4v) is 2.04. The lowest BCUT2D eigenvalue weighted by atomic mass is 10.2. The highest BCUT2D eigenvalue weighted by Crippen LogP contribution is 2.23. The smallest absolute Gasteiger partial charge is 0.335 e. The number of amides is 1. The molecule has 0 unspecified atom stereocenters. The van der Waals surface area contributed by atoms with E-state index in [1.807, 2.05) is 0 Å². The minimum Gasteiger partial charge on any atom is -0.478 e. The second-order valence-electron chi connectivity index (χ2n) is 3.62. The largest absolute Gasteiger partial charge is 0.478 e. The standard InChI is InChI=1S/C12H12ClNO5S/c1-19-11(16)6-20-5-10(15)14-9-4-7(12(17)18)2-3-8(9)13/h2-4H,5-6H2,1H3,(H,14,15)(H,17,18). The number of anilines is 1. The van der Waals surface area contributed by atoms with Crippen LogP contribution >= 0.6 is 23.4 Å². The minimum atomic E-state index is -1.11. The molecule has 0 spiro atoms. The van der Waals surface area contributed by atoms with E-state index in [2.05, 4.69) is 10.1 Å². The molecule has 0 aliphatic rings. The molecule has 0 radical (unpaired) electrons. The molecule has 0 aliphatic carbocycles. The van der Waals surface area contributed by atoms with Gasteiger partial charge in [-0.2, -0.15) is 0 Å². The molecule has 6 nitrogen and oxygen atoms in total. The average Bonchev–Trinajstić information content (AvgIpc) is 2.40. The Labute approximate surface area is 124 Å². The summed E-state index contributed by atoms with van der Waals surface area (Å²) in [6, 6.07) is 4.00. The van der Waals surface area contributed by atoms with Crippen LogP contribution < -0.4 is 5.32 Å². The molecule has 0 aromatic heterocycles. The van der Waals surface area contributed by atoms with E-state index in [-0.39, 0.29) is 33.7 Å². The Morgan fingerprint density at radius 1 is 1.35 bits per heavy atom. The normalized spacial score (nSPS) is 9.90. The summed E-state index contributed by atoms with van der Waals surface area (Å²) < 4.78 is 4.43. The summed E-state index contributed by atoms with van der Waals surface area (Å²) in [5.41, 5.74) is 0.238. The summed E-state index contributed by atoms with van der Waals surface area (Å²) in [6.45, 7) is 0. The monoisotopic (exact) mass is 317 g/mol. The molecule has 0 heterocycles. The number of carboxylic acids is 1. The molecule has 0 fully saturated rings. The Balaban J connectivity index is 2.59. The van der Waals surface area contributed by atoms with Gasteiger partial charge in [-0.25, -0.2) is 4.79 Å². The number of esters is 1. The third-order valence-corrected chi connectivity index (χ3v) is 3.40. The first-order chi connectivity index (χ1) is 9.43. The van der Waals surface area contributed by atoms with Crippen LogP contribution in [-0.2, 0) is 14.3 Å². The van der Waals surface area contributed by atoms with Gasteiger partial charge in [0.15, 0.2) is 0 Å². The van der Waals surface area contributed by atoms with Crippen molar-refractivity contribution in [2.75, 3.05) is 23.9 Å². The SMILES string of the molecule is COC(=O)CSCC(=O)Nc1cc(C(=O)O)ccc1Cl. The van der Waals surface area contributed by atoms with Gasteiger partial charge in [0.1, 0.15) is 0 Å². The molecule has 0 bridgehead atoms. The topological polar surface area (TPSA) is 92.7 Å². The number of thioether (sulfide) groups is 1. The van der Waals surface area contributed by atoms with E-state index in [0.717, 1.165) is 11.8 Å². The number of aromatic carboxylic acids is 1. The van der Waals surface area contributed by atoms with Gasteiger partial charge in [-0.15, -0.1) is 11.8 Å². The van der Waals surface area contributed by atoms with Crippen LogP contribution in [0.1, 0.15) is 10.4 Å². The molecule has 1 amide bonds. The summed E-state index contributed by atoms with van der Waals surface area (Å²) in [5, 5.41) is 11.6. The lowest BCUT2D eigenvalue weighted by Crippen LogP contribution is -2.16. The van der Waals surface area contributed by atoms with Crippen molar-refractivity contribution in [1.29, 1.82) is 0 Å². The molecule has 1 aromatic carbocycles. The second kappa shape index (κ2) is 7.76. The van der Waals surface area contributed by atoms with Crippen LogP contribution in [0.3, 0.4) is 0 Å². The summed E-state index contributed by atoms with van der Waals surface area (Å²) in [6.07, 6.45) is 0. The molecule has 0 saturated heterocycles. The zero-order chi connectivity index (χ0) is 15.1. The zero-order valence-electron chi connectivity index (χ0n) is 10.5. The third-order valence-electron chi connectivity index (χ3n) is 2.17. The average molecular weight is 318 g/mol. The van der Waals surface area contributed by atoms with E-state index in [9.17, 15) is 14.4 Å². The third kappa shape index (κ3) is 5.10. The highest BCUT2D eigenvalue weighted by Gasteiger charge is 2.11. The van der Waals surface area contributed by atoms with E-state index in [1.165, 1.54) is 25.3 Å². The van der Waals surface area contributed by atoms with Crippen molar-refractivity contribution in [2.45, 2.75) is 0 Å². The number of ether oxygens (including phenoxy) is 1. The van der Waals surface area contributed by atoms with Gasteiger partial charge >= 0.3 is 11.9 Å². The molecule has 0 atom stereocenters. The molecule has 8 heteroatoms. The minimum absolute atomic E-state index is 0.0203. The molecule has 0 aliphatic heterocycles. The van der Waals surface area contributed by atoms with Crippen LogP contribution in [0.25, 0.3) is 0 Å². The number of halogens is 1. The first kappa shape index (κ1) is 16.3. The van der Waals surface area contributed by atoms with Crippen molar-refractivity contribution >= 4 is 46.9 Å². The van der Waals surface area contributed by atoms with Crippen LogP contribution in [0, 0.1) is 0 Å². The summed E-state index contributed by atoms with van der Waals surface area (Å²) in [7, 11) is 1.26. The van der Waals surface area contributed by atoms with E-state index in [0.29, 0.717) is 0 Å². The zero-order valence-corrected chi connectivity index (χ0v) is 12.1. The van der Waals surface area contributed by atoms with E-state index in [4.69, 9.17) is 16.7 Å². The number of hydrogen-bond donors (Lipinski definition) is 2. The Hall–Kier alpha value is -1.73. The molecule has 1 rings (SSSR count). The molecule has 20 heavy (non-hydrogen) atoms. The Morgan fingerprint density at radius 2 is 2.05 bits per heavy atom. The van der Waals surface area contributed by atoms with Gasteiger partial charge in [0.25, 0.3) is 0 Å². The van der Waals surface area contributed by atoms with E-state index < -0.39 is 11.9 Å². The van der Waals surface area contributed by atoms with Gasteiger partial charge < -0.3 is 15.2 Å². The first-order valence-corrected chi connectivity index (χ1v) is 6.94. The Kier molecular flexibility index (Phi) is 6.33. The maximum Gasteiger partial charge on any atom is 0.335 e. The van der Waals surface area contributed by atoms with Gasteiger partial charge in [0, 0.05) is 0 Å². The fourth-order valence-electron chi connectivity index (χ4n) is 1.23. The Bertz CT molecular complexity index is 535. The van der Waals surface area contributed by atoms with Crippen molar-refractivity contribution < 1.29 is 24.2 Å². The summed E-state index contributed by atoms with van der Waals surface area (Å²) in [4.78, 5) is 33.3. The van der Waals surface area contributed by atoms with Crippen molar-refractivity contribution in [1.82, 2.24) is 0 Å². The number of methoxy groups -OCH3 is 1. The van der Waals surface area contributed by atoms with Gasteiger partial charge in [-0.05, 0) is 18.2 Å². The maximum atomic E-state index is 11.6. The van der Waals surface area contributed by atoms with Gasteiger partial charge in [-0.3, -0.25) is 9.59 Å². The highest BCUT2D eigenvalue weighted by molar-refractivity contribution is 8.00. The first-order valence-electron chi connectivity index (χ1n) is 5.41.